The fraction of sp³-hybridized carbons (Fsp3) is 1.00. The molecule has 4 fully saturated rings. The third-order valence-electron chi connectivity index (χ3n) is 11.8. The molecule has 192 valence electrons. The average molecular weight is 473 g/mol. The van der Waals surface area contributed by atoms with E-state index in [-0.39, 0.29) is 6.42 Å². The van der Waals surface area contributed by atoms with E-state index in [1.807, 2.05) is 0 Å². The number of hydrogen-bond acceptors (Lipinski definition) is 2. The molecule has 10 atom stereocenters. The standard InChI is InChI=1S/C28H47F3O2/c1-5-27(33)16-15-25(3)19(17-27)9-10-20-22-12-11-21(26(22,4)14-13-23(20)25)18(2)7-6-8-24(32)28(29,30)31/h18-24,32-33H,5-17H2,1-4H3/t18-,19+,20+,21-,22+,23+,24?,25+,26-,27+/m1/s1. The molecule has 0 saturated heterocycles. The molecule has 2 nitrogen and oxygen atoms in total. The Balaban J connectivity index is 1.41. The van der Waals surface area contributed by atoms with Gasteiger partial charge in [-0.05, 0) is 117 Å². The number of rotatable bonds is 6. The van der Waals surface area contributed by atoms with Crippen LogP contribution in [-0.2, 0) is 0 Å². The van der Waals surface area contributed by atoms with E-state index >= 15 is 0 Å². The molecule has 4 aliphatic carbocycles. The van der Waals surface area contributed by atoms with Crippen LogP contribution in [0.4, 0.5) is 13.2 Å². The molecule has 0 bridgehead atoms. The third-order valence-corrected chi connectivity index (χ3v) is 11.8. The zero-order chi connectivity index (χ0) is 24.2. The molecule has 4 aliphatic rings. The van der Waals surface area contributed by atoms with Gasteiger partial charge < -0.3 is 10.2 Å². The highest BCUT2D eigenvalue weighted by atomic mass is 19.4. The summed E-state index contributed by atoms with van der Waals surface area (Å²) in [4.78, 5) is 0. The van der Waals surface area contributed by atoms with Gasteiger partial charge in [-0.2, -0.15) is 13.2 Å². The molecule has 1 unspecified atom stereocenters. The first-order chi connectivity index (χ1) is 15.3. The fourth-order valence-electron chi connectivity index (χ4n) is 9.62. The molecule has 5 heteroatoms. The first-order valence-electron chi connectivity index (χ1n) is 13.8. The number of aliphatic hydroxyl groups is 2. The SMILES string of the molecule is CC[C@]1(O)CC[C@@]2(C)[C@@H](CC[C@@H]3[C@@H]2CC[C@]2(C)[C@@H]([C@H](C)CCCC(O)C(F)(F)F)CC[C@@H]32)C1. The van der Waals surface area contributed by atoms with Crippen LogP contribution in [0.25, 0.3) is 0 Å². The van der Waals surface area contributed by atoms with E-state index in [2.05, 4.69) is 27.7 Å². The van der Waals surface area contributed by atoms with E-state index in [4.69, 9.17) is 0 Å². The Kier molecular flexibility index (Phi) is 7.02. The van der Waals surface area contributed by atoms with Crippen LogP contribution in [0.2, 0.25) is 0 Å². The number of aliphatic hydroxyl groups excluding tert-OH is 1. The molecule has 33 heavy (non-hydrogen) atoms. The van der Waals surface area contributed by atoms with Crippen LogP contribution >= 0.6 is 0 Å². The second kappa shape index (κ2) is 8.98. The minimum Gasteiger partial charge on any atom is -0.390 e. The van der Waals surface area contributed by atoms with Crippen molar-refractivity contribution in [1.82, 2.24) is 0 Å². The van der Waals surface area contributed by atoms with E-state index in [1.165, 1.54) is 38.5 Å². The van der Waals surface area contributed by atoms with Crippen molar-refractivity contribution < 1.29 is 23.4 Å². The molecular weight excluding hydrogens is 425 g/mol. The predicted molar refractivity (Wildman–Crippen MR) is 126 cm³/mol. The summed E-state index contributed by atoms with van der Waals surface area (Å²) in [6.07, 6.45) is 5.92. The van der Waals surface area contributed by atoms with Gasteiger partial charge >= 0.3 is 6.18 Å². The molecule has 2 N–H and O–H groups in total. The summed E-state index contributed by atoms with van der Waals surface area (Å²) in [7, 11) is 0. The summed E-state index contributed by atoms with van der Waals surface area (Å²) in [5.41, 5.74) is 0.224. The van der Waals surface area contributed by atoms with Crippen LogP contribution < -0.4 is 0 Å². The van der Waals surface area contributed by atoms with Crippen LogP contribution in [0.15, 0.2) is 0 Å². The Morgan fingerprint density at radius 3 is 2.27 bits per heavy atom. The topological polar surface area (TPSA) is 40.5 Å². The first kappa shape index (κ1) is 25.8. The highest BCUT2D eigenvalue weighted by Crippen LogP contribution is 2.69. The second-order valence-corrected chi connectivity index (χ2v) is 13.1. The maximum atomic E-state index is 12.7. The van der Waals surface area contributed by atoms with Crippen LogP contribution in [-0.4, -0.2) is 28.1 Å². The van der Waals surface area contributed by atoms with E-state index < -0.39 is 17.9 Å². The van der Waals surface area contributed by atoms with Crippen LogP contribution in [0.5, 0.6) is 0 Å². The van der Waals surface area contributed by atoms with Crippen molar-refractivity contribution in [3.8, 4) is 0 Å². The smallest absolute Gasteiger partial charge is 0.390 e. The van der Waals surface area contributed by atoms with Crippen molar-refractivity contribution >= 4 is 0 Å². The van der Waals surface area contributed by atoms with Crippen molar-refractivity contribution in [2.45, 2.75) is 129 Å². The van der Waals surface area contributed by atoms with Gasteiger partial charge in [0.1, 0.15) is 6.10 Å². The van der Waals surface area contributed by atoms with Crippen LogP contribution in [0.1, 0.15) is 111 Å². The van der Waals surface area contributed by atoms with Gasteiger partial charge in [0.15, 0.2) is 0 Å². The summed E-state index contributed by atoms with van der Waals surface area (Å²) in [6.45, 7) is 9.41. The zero-order valence-electron chi connectivity index (χ0n) is 21.3. The summed E-state index contributed by atoms with van der Waals surface area (Å²) < 4.78 is 38.0. The van der Waals surface area contributed by atoms with Crippen LogP contribution in [0.3, 0.4) is 0 Å². The molecule has 0 radical (unpaired) electrons. The molecule has 4 rings (SSSR count). The Morgan fingerprint density at radius 1 is 0.909 bits per heavy atom. The van der Waals surface area contributed by atoms with Gasteiger partial charge in [-0.3, -0.25) is 0 Å². The maximum Gasteiger partial charge on any atom is 0.414 e. The number of alkyl halides is 3. The second-order valence-electron chi connectivity index (χ2n) is 13.1. The minimum absolute atomic E-state index is 0.171. The minimum atomic E-state index is -4.49. The summed E-state index contributed by atoms with van der Waals surface area (Å²) in [6, 6.07) is 0. The molecule has 0 spiro atoms. The highest BCUT2D eigenvalue weighted by molar-refractivity contribution is 5.10. The molecule has 0 aromatic carbocycles. The van der Waals surface area contributed by atoms with Crippen molar-refractivity contribution in [3.05, 3.63) is 0 Å². The van der Waals surface area contributed by atoms with Crippen molar-refractivity contribution in [2.75, 3.05) is 0 Å². The van der Waals surface area contributed by atoms with Crippen molar-refractivity contribution in [3.63, 3.8) is 0 Å². The van der Waals surface area contributed by atoms with Crippen LogP contribution in [0, 0.1) is 46.3 Å². The molecule has 0 aromatic rings. The number of fused-ring (bicyclic) bond motifs is 5. The maximum absolute atomic E-state index is 12.7. The molecule has 4 saturated carbocycles. The van der Waals surface area contributed by atoms with E-state index in [0.717, 1.165) is 49.9 Å². The monoisotopic (exact) mass is 472 g/mol. The van der Waals surface area contributed by atoms with Gasteiger partial charge in [-0.25, -0.2) is 0 Å². The van der Waals surface area contributed by atoms with E-state index in [9.17, 15) is 23.4 Å². The van der Waals surface area contributed by atoms with Gasteiger partial charge in [0, 0.05) is 0 Å². The Labute approximate surface area is 199 Å². The van der Waals surface area contributed by atoms with Gasteiger partial charge in [-0.1, -0.05) is 40.5 Å². The Morgan fingerprint density at radius 2 is 1.61 bits per heavy atom. The quantitative estimate of drug-likeness (QED) is 0.420. The number of hydrogen-bond donors (Lipinski definition) is 2. The molecular formula is C28H47F3O2. The lowest BCUT2D eigenvalue weighted by Gasteiger charge is -2.62. The summed E-state index contributed by atoms with van der Waals surface area (Å²) in [5, 5.41) is 20.3. The van der Waals surface area contributed by atoms with Gasteiger partial charge in [0.25, 0.3) is 0 Å². The fourth-order valence-corrected chi connectivity index (χ4v) is 9.62. The van der Waals surface area contributed by atoms with E-state index in [0.29, 0.717) is 35.0 Å². The normalized spacial score (nSPS) is 47.4. The lowest BCUT2D eigenvalue weighted by Crippen LogP contribution is -2.56. The Bertz CT molecular complexity index is 695. The summed E-state index contributed by atoms with van der Waals surface area (Å²) >= 11 is 0. The zero-order valence-corrected chi connectivity index (χ0v) is 21.3. The molecule has 0 heterocycles. The molecule has 0 aliphatic heterocycles. The number of halogens is 3. The lowest BCUT2D eigenvalue weighted by atomic mass is 9.43. The average Bonchev–Trinajstić information content (AvgIpc) is 3.11. The molecule has 0 amide bonds. The van der Waals surface area contributed by atoms with Crippen molar-refractivity contribution in [1.29, 1.82) is 0 Å². The van der Waals surface area contributed by atoms with E-state index in [1.54, 1.807) is 0 Å². The largest absolute Gasteiger partial charge is 0.414 e. The van der Waals surface area contributed by atoms with Gasteiger partial charge in [0.05, 0.1) is 5.60 Å². The van der Waals surface area contributed by atoms with Gasteiger partial charge in [-0.15, -0.1) is 0 Å². The predicted octanol–water partition coefficient (Wildman–Crippen LogP) is 7.52. The Hall–Kier alpha value is -0.290. The third kappa shape index (κ3) is 4.52. The van der Waals surface area contributed by atoms with Crippen molar-refractivity contribution in [2.24, 2.45) is 46.3 Å². The molecule has 0 aromatic heterocycles. The lowest BCUT2D eigenvalue weighted by molar-refractivity contribution is -0.205. The van der Waals surface area contributed by atoms with Gasteiger partial charge in [0.2, 0.25) is 0 Å². The first-order valence-corrected chi connectivity index (χ1v) is 13.8. The highest BCUT2D eigenvalue weighted by Gasteiger charge is 2.61. The summed E-state index contributed by atoms with van der Waals surface area (Å²) in [5.74, 6) is 3.95.